The highest BCUT2D eigenvalue weighted by Crippen LogP contribution is 2.12. The molecule has 0 unspecified atom stereocenters. The van der Waals surface area contributed by atoms with Crippen LogP contribution in [0, 0.1) is 0 Å². The second kappa shape index (κ2) is 6.33. The van der Waals surface area contributed by atoms with Crippen LogP contribution in [0.2, 0.25) is 0 Å². The summed E-state index contributed by atoms with van der Waals surface area (Å²) in [6.07, 6.45) is 2.20. The average molecular weight is 262 g/mol. The van der Waals surface area contributed by atoms with Crippen molar-refractivity contribution in [1.82, 2.24) is 5.32 Å². The van der Waals surface area contributed by atoms with Crippen LogP contribution in [0.5, 0.6) is 0 Å². The molecule has 1 aromatic rings. The zero-order valence-electron chi connectivity index (χ0n) is 10.9. The Balaban J connectivity index is 1.86. The fraction of sp³-hybridized carbons (Fsp3) is 0.429. The Morgan fingerprint density at radius 3 is 2.63 bits per heavy atom. The van der Waals surface area contributed by atoms with Gasteiger partial charge in [0.2, 0.25) is 5.91 Å². The number of hydrogen-bond acceptors (Lipinski definition) is 3. The van der Waals surface area contributed by atoms with Crippen LogP contribution in [0.3, 0.4) is 0 Å². The number of anilines is 1. The number of carbonyl (C=O) groups is 2. The van der Waals surface area contributed by atoms with E-state index in [1.165, 1.54) is 6.92 Å². The minimum absolute atomic E-state index is 0.120. The fourth-order valence-corrected chi connectivity index (χ4v) is 2.02. The quantitative estimate of drug-likeness (QED) is 0.865. The topological polar surface area (TPSA) is 67.4 Å². The van der Waals surface area contributed by atoms with Gasteiger partial charge in [0.05, 0.1) is 6.10 Å². The lowest BCUT2D eigenvalue weighted by atomic mass is 10.2. The summed E-state index contributed by atoms with van der Waals surface area (Å²) >= 11 is 0. The maximum atomic E-state index is 11.9. The number of rotatable bonds is 4. The molecule has 0 bridgehead atoms. The van der Waals surface area contributed by atoms with E-state index >= 15 is 0 Å². The van der Waals surface area contributed by atoms with Gasteiger partial charge in [0.1, 0.15) is 0 Å². The summed E-state index contributed by atoms with van der Waals surface area (Å²) in [5.74, 6) is -0.250. The van der Waals surface area contributed by atoms with Crippen LogP contribution in [-0.4, -0.2) is 31.1 Å². The van der Waals surface area contributed by atoms with Gasteiger partial charge in [0.15, 0.2) is 0 Å². The normalized spacial score (nSPS) is 18.1. The van der Waals surface area contributed by atoms with Crippen LogP contribution in [0.1, 0.15) is 30.1 Å². The fourth-order valence-electron chi connectivity index (χ4n) is 2.02. The second-order valence-electron chi connectivity index (χ2n) is 4.60. The highest BCUT2D eigenvalue weighted by Gasteiger charge is 2.16. The Morgan fingerprint density at radius 1 is 1.32 bits per heavy atom. The first-order valence-corrected chi connectivity index (χ1v) is 6.42. The lowest BCUT2D eigenvalue weighted by molar-refractivity contribution is -0.114. The third kappa shape index (κ3) is 4.06. The van der Waals surface area contributed by atoms with Crippen molar-refractivity contribution in [2.24, 2.45) is 0 Å². The van der Waals surface area contributed by atoms with Crippen LogP contribution in [0.25, 0.3) is 0 Å². The summed E-state index contributed by atoms with van der Waals surface area (Å²) < 4.78 is 5.44. The lowest BCUT2D eigenvalue weighted by Gasteiger charge is -2.11. The van der Waals surface area contributed by atoms with Gasteiger partial charge in [-0.3, -0.25) is 9.59 Å². The average Bonchev–Trinajstić information content (AvgIpc) is 2.89. The Hall–Kier alpha value is -1.88. The van der Waals surface area contributed by atoms with Crippen LogP contribution in [0.4, 0.5) is 5.69 Å². The van der Waals surface area contributed by atoms with Crippen LogP contribution in [0.15, 0.2) is 24.3 Å². The monoisotopic (exact) mass is 262 g/mol. The molecule has 1 atom stereocenters. The summed E-state index contributed by atoms with van der Waals surface area (Å²) in [7, 11) is 0. The van der Waals surface area contributed by atoms with Crippen molar-refractivity contribution in [2.45, 2.75) is 25.9 Å². The highest BCUT2D eigenvalue weighted by atomic mass is 16.5. The SMILES string of the molecule is CC(=O)Nc1ccc(C(=O)NC[C@@H]2CCCO2)cc1. The van der Waals surface area contributed by atoms with E-state index in [9.17, 15) is 9.59 Å². The van der Waals surface area contributed by atoms with Crippen molar-refractivity contribution in [3.05, 3.63) is 29.8 Å². The van der Waals surface area contributed by atoms with Gasteiger partial charge in [0.25, 0.3) is 5.91 Å². The van der Waals surface area contributed by atoms with Crippen molar-refractivity contribution in [2.75, 3.05) is 18.5 Å². The standard InChI is InChI=1S/C14H18N2O3/c1-10(17)16-12-6-4-11(5-7-12)14(18)15-9-13-3-2-8-19-13/h4-7,13H,2-3,8-9H2,1H3,(H,15,18)(H,16,17)/t13-/m0/s1. The molecule has 1 aromatic carbocycles. The minimum atomic E-state index is -0.129. The number of ether oxygens (including phenoxy) is 1. The van der Waals surface area contributed by atoms with E-state index in [-0.39, 0.29) is 17.9 Å². The van der Waals surface area contributed by atoms with E-state index in [0.717, 1.165) is 19.4 Å². The van der Waals surface area contributed by atoms with Crippen molar-refractivity contribution in [1.29, 1.82) is 0 Å². The first-order valence-electron chi connectivity index (χ1n) is 6.42. The zero-order chi connectivity index (χ0) is 13.7. The number of nitrogens with one attached hydrogen (secondary N) is 2. The molecule has 1 aliphatic rings. The minimum Gasteiger partial charge on any atom is -0.376 e. The predicted molar refractivity (Wildman–Crippen MR) is 72.1 cm³/mol. The highest BCUT2D eigenvalue weighted by molar-refractivity contribution is 5.95. The Kier molecular flexibility index (Phi) is 4.52. The Labute approximate surface area is 112 Å². The first-order chi connectivity index (χ1) is 9.15. The molecule has 5 nitrogen and oxygen atoms in total. The lowest BCUT2D eigenvalue weighted by Crippen LogP contribution is -2.31. The van der Waals surface area contributed by atoms with E-state index in [1.807, 2.05) is 0 Å². The molecule has 19 heavy (non-hydrogen) atoms. The van der Waals surface area contributed by atoms with Gasteiger partial charge in [-0.15, -0.1) is 0 Å². The van der Waals surface area contributed by atoms with Crippen molar-refractivity contribution in [3.8, 4) is 0 Å². The largest absolute Gasteiger partial charge is 0.376 e. The molecule has 2 amide bonds. The maximum Gasteiger partial charge on any atom is 0.251 e. The first kappa shape index (κ1) is 13.5. The molecule has 2 rings (SSSR count). The summed E-state index contributed by atoms with van der Waals surface area (Å²) in [6.45, 7) is 2.78. The van der Waals surface area contributed by atoms with Crippen molar-refractivity contribution >= 4 is 17.5 Å². The van der Waals surface area contributed by atoms with Crippen LogP contribution >= 0.6 is 0 Å². The van der Waals surface area contributed by atoms with E-state index in [4.69, 9.17) is 4.74 Å². The van der Waals surface area contributed by atoms with Gasteiger partial charge in [-0.25, -0.2) is 0 Å². The number of benzene rings is 1. The molecule has 102 valence electrons. The van der Waals surface area contributed by atoms with Gasteiger partial charge in [-0.1, -0.05) is 0 Å². The van der Waals surface area contributed by atoms with Gasteiger partial charge in [-0.05, 0) is 37.1 Å². The van der Waals surface area contributed by atoms with E-state index in [1.54, 1.807) is 24.3 Å². The summed E-state index contributed by atoms with van der Waals surface area (Å²) in [5.41, 5.74) is 1.26. The molecule has 5 heteroatoms. The molecule has 0 aliphatic carbocycles. The van der Waals surface area contributed by atoms with Crippen LogP contribution in [-0.2, 0) is 9.53 Å². The van der Waals surface area contributed by atoms with E-state index in [0.29, 0.717) is 17.8 Å². The zero-order valence-corrected chi connectivity index (χ0v) is 10.9. The molecular weight excluding hydrogens is 244 g/mol. The third-order valence-corrected chi connectivity index (χ3v) is 2.98. The number of amides is 2. The second-order valence-corrected chi connectivity index (χ2v) is 4.60. The smallest absolute Gasteiger partial charge is 0.251 e. The van der Waals surface area contributed by atoms with Gasteiger partial charge < -0.3 is 15.4 Å². The van der Waals surface area contributed by atoms with E-state index in [2.05, 4.69) is 10.6 Å². The molecular formula is C14H18N2O3. The Morgan fingerprint density at radius 2 is 2.05 bits per heavy atom. The molecule has 0 saturated carbocycles. The molecule has 1 aliphatic heterocycles. The Bertz CT molecular complexity index is 450. The molecule has 0 aromatic heterocycles. The molecule has 0 spiro atoms. The van der Waals surface area contributed by atoms with Crippen molar-refractivity contribution in [3.63, 3.8) is 0 Å². The third-order valence-electron chi connectivity index (χ3n) is 2.98. The molecule has 1 fully saturated rings. The maximum absolute atomic E-state index is 11.9. The van der Waals surface area contributed by atoms with Gasteiger partial charge in [0, 0.05) is 31.3 Å². The molecule has 0 radical (unpaired) electrons. The molecule has 1 saturated heterocycles. The van der Waals surface area contributed by atoms with E-state index < -0.39 is 0 Å². The van der Waals surface area contributed by atoms with Crippen LogP contribution < -0.4 is 10.6 Å². The van der Waals surface area contributed by atoms with Gasteiger partial charge in [-0.2, -0.15) is 0 Å². The predicted octanol–water partition coefficient (Wildman–Crippen LogP) is 1.55. The number of carbonyl (C=O) groups excluding carboxylic acids is 2. The molecule has 1 heterocycles. The molecule has 2 N–H and O–H groups in total. The summed E-state index contributed by atoms with van der Waals surface area (Å²) in [6, 6.07) is 6.80. The number of hydrogen-bond donors (Lipinski definition) is 2. The summed E-state index contributed by atoms with van der Waals surface area (Å²) in [4.78, 5) is 22.8. The van der Waals surface area contributed by atoms with Crippen molar-refractivity contribution < 1.29 is 14.3 Å². The summed E-state index contributed by atoms with van der Waals surface area (Å²) in [5, 5.41) is 5.51. The van der Waals surface area contributed by atoms with Gasteiger partial charge >= 0.3 is 0 Å².